The molecular formula is C10H9Cl2N. The van der Waals surface area contributed by atoms with Gasteiger partial charge in [-0.25, -0.2) is 4.99 Å². The van der Waals surface area contributed by atoms with Crippen LogP contribution >= 0.6 is 23.2 Å². The van der Waals surface area contributed by atoms with Gasteiger partial charge in [0.15, 0.2) is 0 Å². The zero-order chi connectivity index (χ0) is 9.26. The summed E-state index contributed by atoms with van der Waals surface area (Å²) in [5.41, 5.74) is 2.21. The van der Waals surface area contributed by atoms with Gasteiger partial charge in [-0.2, -0.15) is 0 Å². The van der Waals surface area contributed by atoms with Gasteiger partial charge in [0.25, 0.3) is 0 Å². The van der Waals surface area contributed by atoms with Crippen molar-refractivity contribution in [3.05, 3.63) is 29.8 Å². The van der Waals surface area contributed by atoms with Crippen LogP contribution in [0.5, 0.6) is 0 Å². The minimum atomic E-state index is 0.193. The van der Waals surface area contributed by atoms with Crippen molar-refractivity contribution in [2.45, 2.75) is 6.42 Å². The van der Waals surface area contributed by atoms with E-state index in [0.717, 1.165) is 12.1 Å². The zero-order valence-corrected chi connectivity index (χ0v) is 8.52. The molecule has 1 aliphatic rings. The number of rotatable bonds is 1. The lowest BCUT2D eigenvalue weighted by Gasteiger charge is -2.18. The Morgan fingerprint density at radius 2 is 2.15 bits per heavy atom. The molecule has 0 aliphatic carbocycles. The maximum Gasteiger partial charge on any atom is 0.111 e. The molecule has 0 N–H and O–H groups in total. The molecule has 0 amide bonds. The smallest absolute Gasteiger partial charge is 0.111 e. The van der Waals surface area contributed by atoms with E-state index in [2.05, 4.69) is 11.1 Å². The van der Waals surface area contributed by atoms with Crippen molar-refractivity contribution in [2.75, 3.05) is 5.88 Å². The van der Waals surface area contributed by atoms with E-state index in [1.54, 1.807) is 0 Å². The van der Waals surface area contributed by atoms with Crippen molar-refractivity contribution >= 4 is 34.1 Å². The molecule has 1 aromatic carbocycles. The predicted molar refractivity (Wildman–Crippen MR) is 57.3 cm³/mol. The second-order valence-corrected chi connectivity index (χ2v) is 3.81. The molecule has 0 saturated heterocycles. The topological polar surface area (TPSA) is 12.4 Å². The van der Waals surface area contributed by atoms with Crippen molar-refractivity contribution < 1.29 is 0 Å². The lowest BCUT2D eigenvalue weighted by molar-refractivity contribution is 0.772. The molecule has 0 bridgehead atoms. The predicted octanol–water partition coefficient (Wildman–Crippen LogP) is 3.37. The summed E-state index contributed by atoms with van der Waals surface area (Å²) in [6.07, 6.45) is 0.905. The number of halogens is 2. The Balaban J connectivity index is 2.40. The molecular weight excluding hydrogens is 205 g/mol. The average Bonchev–Trinajstić information content (AvgIpc) is 2.17. The van der Waals surface area contributed by atoms with Crippen LogP contribution in [0.2, 0.25) is 0 Å². The summed E-state index contributed by atoms with van der Waals surface area (Å²) in [7, 11) is 0. The Morgan fingerprint density at radius 1 is 1.38 bits per heavy atom. The number of hydrogen-bond donors (Lipinski definition) is 0. The van der Waals surface area contributed by atoms with E-state index >= 15 is 0 Å². The van der Waals surface area contributed by atoms with E-state index in [0.29, 0.717) is 11.1 Å². The first-order chi connectivity index (χ1) is 6.31. The Morgan fingerprint density at radius 3 is 2.92 bits per heavy atom. The fourth-order valence-corrected chi connectivity index (χ4v) is 2.05. The standard InChI is InChI=1S/C10H9Cl2N/c11-6-8-5-7-3-1-2-4-9(7)13-10(8)12/h1-4,8H,5-6H2. The van der Waals surface area contributed by atoms with E-state index in [9.17, 15) is 0 Å². The van der Waals surface area contributed by atoms with Gasteiger partial charge in [0.1, 0.15) is 5.17 Å². The fourth-order valence-electron chi connectivity index (χ4n) is 1.47. The van der Waals surface area contributed by atoms with E-state index in [1.807, 2.05) is 18.2 Å². The molecule has 1 atom stereocenters. The van der Waals surface area contributed by atoms with E-state index < -0.39 is 0 Å². The summed E-state index contributed by atoms with van der Waals surface area (Å²) in [6.45, 7) is 0. The van der Waals surface area contributed by atoms with Gasteiger partial charge >= 0.3 is 0 Å². The van der Waals surface area contributed by atoms with E-state index in [1.165, 1.54) is 5.56 Å². The third-order valence-electron chi connectivity index (χ3n) is 2.21. The molecule has 13 heavy (non-hydrogen) atoms. The minimum Gasteiger partial charge on any atom is -0.241 e. The van der Waals surface area contributed by atoms with Crippen LogP contribution in [0.1, 0.15) is 5.56 Å². The third-order valence-corrected chi connectivity index (χ3v) is 2.97. The summed E-state index contributed by atoms with van der Waals surface area (Å²) in [5, 5.41) is 0.633. The van der Waals surface area contributed by atoms with Gasteiger partial charge in [-0.05, 0) is 18.1 Å². The van der Waals surface area contributed by atoms with Gasteiger partial charge in [-0.1, -0.05) is 29.8 Å². The Kier molecular flexibility index (Phi) is 2.56. The number of hydrogen-bond acceptors (Lipinski definition) is 1. The lowest BCUT2D eigenvalue weighted by Crippen LogP contribution is -2.17. The molecule has 1 heterocycles. The van der Waals surface area contributed by atoms with Crippen LogP contribution in [-0.4, -0.2) is 11.1 Å². The number of aliphatic imine (C=N–C) groups is 1. The van der Waals surface area contributed by atoms with Crippen LogP contribution in [0.3, 0.4) is 0 Å². The Hall–Kier alpha value is -0.530. The molecule has 3 heteroatoms. The highest BCUT2D eigenvalue weighted by molar-refractivity contribution is 6.66. The molecule has 1 unspecified atom stereocenters. The minimum absolute atomic E-state index is 0.193. The highest BCUT2D eigenvalue weighted by Crippen LogP contribution is 2.29. The monoisotopic (exact) mass is 213 g/mol. The van der Waals surface area contributed by atoms with Crippen molar-refractivity contribution in [1.29, 1.82) is 0 Å². The van der Waals surface area contributed by atoms with Crippen LogP contribution in [0.15, 0.2) is 29.3 Å². The third kappa shape index (κ3) is 1.72. The van der Waals surface area contributed by atoms with Crippen molar-refractivity contribution in [3.63, 3.8) is 0 Å². The molecule has 0 aromatic heterocycles. The zero-order valence-electron chi connectivity index (χ0n) is 7.00. The average molecular weight is 214 g/mol. The van der Waals surface area contributed by atoms with Crippen LogP contribution in [0.4, 0.5) is 5.69 Å². The summed E-state index contributed by atoms with van der Waals surface area (Å²) in [4.78, 5) is 4.30. The summed E-state index contributed by atoms with van der Waals surface area (Å²) >= 11 is 11.8. The van der Waals surface area contributed by atoms with Gasteiger partial charge in [0.05, 0.1) is 5.69 Å². The highest BCUT2D eigenvalue weighted by Gasteiger charge is 2.20. The SMILES string of the molecule is ClCC1Cc2ccccc2N=C1Cl. The normalized spacial score (nSPS) is 20.8. The molecule has 1 aliphatic heterocycles. The Labute approximate surface area is 87.4 Å². The van der Waals surface area contributed by atoms with Crippen molar-refractivity contribution in [1.82, 2.24) is 0 Å². The highest BCUT2D eigenvalue weighted by atomic mass is 35.5. The van der Waals surface area contributed by atoms with E-state index in [-0.39, 0.29) is 5.92 Å². The molecule has 68 valence electrons. The van der Waals surface area contributed by atoms with Gasteiger partial charge in [-0.3, -0.25) is 0 Å². The van der Waals surface area contributed by atoms with Gasteiger partial charge in [0.2, 0.25) is 0 Å². The number of alkyl halides is 1. The molecule has 0 spiro atoms. The van der Waals surface area contributed by atoms with Crippen molar-refractivity contribution in [2.24, 2.45) is 10.9 Å². The number of nitrogens with zero attached hydrogens (tertiary/aromatic N) is 1. The first-order valence-corrected chi connectivity index (χ1v) is 5.10. The van der Waals surface area contributed by atoms with Crippen LogP contribution < -0.4 is 0 Å². The number of benzene rings is 1. The molecule has 1 nitrogen and oxygen atoms in total. The second-order valence-electron chi connectivity index (χ2n) is 3.12. The maximum absolute atomic E-state index is 5.98. The van der Waals surface area contributed by atoms with Crippen molar-refractivity contribution in [3.8, 4) is 0 Å². The second kappa shape index (κ2) is 3.69. The number of fused-ring (bicyclic) bond motifs is 1. The molecule has 1 aromatic rings. The number of para-hydroxylation sites is 1. The quantitative estimate of drug-likeness (QED) is 0.635. The van der Waals surface area contributed by atoms with Crippen LogP contribution in [0, 0.1) is 5.92 Å². The lowest BCUT2D eigenvalue weighted by atomic mass is 9.98. The maximum atomic E-state index is 5.98. The molecule has 2 rings (SSSR count). The van der Waals surface area contributed by atoms with E-state index in [4.69, 9.17) is 23.2 Å². The van der Waals surface area contributed by atoms with Gasteiger partial charge < -0.3 is 0 Å². The summed E-state index contributed by atoms with van der Waals surface area (Å²) in [6, 6.07) is 8.02. The largest absolute Gasteiger partial charge is 0.241 e. The Bertz CT molecular complexity index is 347. The first-order valence-electron chi connectivity index (χ1n) is 4.19. The fraction of sp³-hybridized carbons (Fsp3) is 0.300. The molecule has 0 fully saturated rings. The summed E-state index contributed by atoms with van der Waals surface area (Å²) < 4.78 is 0. The first kappa shape index (κ1) is 9.04. The molecule has 0 radical (unpaired) electrons. The van der Waals surface area contributed by atoms with Crippen LogP contribution in [-0.2, 0) is 6.42 Å². The van der Waals surface area contributed by atoms with Crippen LogP contribution in [0.25, 0.3) is 0 Å². The van der Waals surface area contributed by atoms with Gasteiger partial charge in [0, 0.05) is 11.8 Å². The molecule has 0 saturated carbocycles. The van der Waals surface area contributed by atoms with Gasteiger partial charge in [-0.15, -0.1) is 11.6 Å². The summed E-state index contributed by atoms with van der Waals surface area (Å²) in [5.74, 6) is 0.731.